The standard InChI is InChI=1S/C15H11BrN2O/c16-15-7-3-4-12(8-15)10-18-19-11-14-6-2-1-5-13(14)9-17/h1-8,10H,11H2/b18-10-. The lowest BCUT2D eigenvalue weighted by Gasteiger charge is -2.01. The smallest absolute Gasteiger partial charge is 0.143 e. The maximum atomic E-state index is 8.93. The Bertz CT molecular complexity index is 632. The van der Waals surface area contributed by atoms with Gasteiger partial charge in [-0.1, -0.05) is 51.4 Å². The van der Waals surface area contributed by atoms with Crippen LogP contribution >= 0.6 is 15.9 Å². The number of nitriles is 1. The van der Waals surface area contributed by atoms with Gasteiger partial charge < -0.3 is 4.84 Å². The first kappa shape index (κ1) is 13.3. The van der Waals surface area contributed by atoms with Crippen LogP contribution in [0.4, 0.5) is 0 Å². The van der Waals surface area contributed by atoms with E-state index in [1.165, 1.54) is 0 Å². The van der Waals surface area contributed by atoms with Crippen LogP contribution in [0.1, 0.15) is 16.7 Å². The number of oxime groups is 1. The lowest BCUT2D eigenvalue weighted by Crippen LogP contribution is -1.92. The summed E-state index contributed by atoms with van der Waals surface area (Å²) >= 11 is 3.39. The van der Waals surface area contributed by atoms with E-state index in [2.05, 4.69) is 27.2 Å². The van der Waals surface area contributed by atoms with E-state index in [0.29, 0.717) is 5.56 Å². The summed E-state index contributed by atoms with van der Waals surface area (Å²) < 4.78 is 0.992. The third-order valence-corrected chi connectivity index (χ3v) is 2.98. The Morgan fingerprint density at radius 3 is 2.84 bits per heavy atom. The molecule has 0 saturated heterocycles. The average Bonchev–Trinajstić information content (AvgIpc) is 2.44. The summed E-state index contributed by atoms with van der Waals surface area (Å²) in [6, 6.07) is 17.2. The molecule has 0 amide bonds. The molecule has 2 aromatic carbocycles. The van der Waals surface area contributed by atoms with Crippen molar-refractivity contribution in [1.82, 2.24) is 0 Å². The molecule has 0 aliphatic heterocycles. The van der Waals surface area contributed by atoms with Gasteiger partial charge in [0.2, 0.25) is 0 Å². The van der Waals surface area contributed by atoms with Crippen molar-refractivity contribution in [2.45, 2.75) is 6.61 Å². The molecule has 0 heterocycles. The topological polar surface area (TPSA) is 45.4 Å². The fraction of sp³-hybridized carbons (Fsp3) is 0.0667. The van der Waals surface area contributed by atoms with Crippen LogP contribution in [0.5, 0.6) is 0 Å². The molecule has 0 aliphatic rings. The third-order valence-electron chi connectivity index (χ3n) is 2.48. The number of rotatable bonds is 4. The maximum absolute atomic E-state index is 8.93. The zero-order chi connectivity index (χ0) is 13.5. The highest BCUT2D eigenvalue weighted by molar-refractivity contribution is 9.10. The Morgan fingerprint density at radius 1 is 1.21 bits per heavy atom. The number of hydrogen-bond donors (Lipinski definition) is 0. The summed E-state index contributed by atoms with van der Waals surface area (Å²) in [4.78, 5) is 5.21. The molecule has 2 aromatic rings. The van der Waals surface area contributed by atoms with Crippen molar-refractivity contribution in [2.75, 3.05) is 0 Å². The summed E-state index contributed by atoms with van der Waals surface area (Å²) in [5.41, 5.74) is 2.39. The molecule has 94 valence electrons. The van der Waals surface area contributed by atoms with Crippen molar-refractivity contribution in [3.63, 3.8) is 0 Å². The van der Waals surface area contributed by atoms with Gasteiger partial charge in [-0.2, -0.15) is 5.26 Å². The SMILES string of the molecule is N#Cc1ccccc1CO/N=C\c1cccc(Br)c1. The largest absolute Gasteiger partial charge is 0.391 e. The summed E-state index contributed by atoms with van der Waals surface area (Å²) in [5.74, 6) is 0. The van der Waals surface area contributed by atoms with Crippen LogP contribution in [0.3, 0.4) is 0 Å². The molecule has 0 saturated carbocycles. The summed E-state index contributed by atoms with van der Waals surface area (Å²) in [5, 5.41) is 12.8. The molecule has 0 unspecified atom stereocenters. The van der Waals surface area contributed by atoms with E-state index in [4.69, 9.17) is 10.1 Å². The molecule has 19 heavy (non-hydrogen) atoms. The van der Waals surface area contributed by atoms with Gasteiger partial charge in [0.05, 0.1) is 17.8 Å². The second kappa shape index (κ2) is 6.72. The fourth-order valence-corrected chi connectivity index (χ4v) is 1.96. The van der Waals surface area contributed by atoms with Crippen LogP contribution in [-0.2, 0) is 11.4 Å². The van der Waals surface area contributed by atoms with E-state index in [-0.39, 0.29) is 6.61 Å². The molecule has 0 spiro atoms. The van der Waals surface area contributed by atoms with Gasteiger partial charge in [-0.25, -0.2) is 0 Å². The third kappa shape index (κ3) is 3.94. The van der Waals surface area contributed by atoms with E-state index in [9.17, 15) is 0 Å². The lowest BCUT2D eigenvalue weighted by atomic mass is 10.1. The van der Waals surface area contributed by atoms with E-state index in [1.54, 1.807) is 12.3 Å². The molecule has 0 aromatic heterocycles. The molecule has 2 rings (SSSR count). The van der Waals surface area contributed by atoms with Gasteiger partial charge in [-0.3, -0.25) is 0 Å². The second-order valence-electron chi connectivity index (χ2n) is 3.83. The van der Waals surface area contributed by atoms with Crippen LogP contribution in [0.2, 0.25) is 0 Å². The van der Waals surface area contributed by atoms with E-state index in [1.807, 2.05) is 42.5 Å². The van der Waals surface area contributed by atoms with Gasteiger partial charge in [0.25, 0.3) is 0 Å². The first-order chi connectivity index (χ1) is 9.29. The van der Waals surface area contributed by atoms with Crippen molar-refractivity contribution in [3.05, 3.63) is 69.7 Å². The monoisotopic (exact) mass is 314 g/mol. The molecular formula is C15H11BrN2O. The van der Waals surface area contributed by atoms with Gasteiger partial charge in [-0.15, -0.1) is 0 Å². The first-order valence-corrected chi connectivity index (χ1v) is 6.48. The number of benzene rings is 2. The van der Waals surface area contributed by atoms with Crippen molar-refractivity contribution in [1.29, 1.82) is 5.26 Å². The Labute approximate surface area is 120 Å². The Balaban J connectivity index is 1.95. The molecule has 0 aliphatic carbocycles. The normalized spacial score (nSPS) is 10.3. The molecule has 0 bridgehead atoms. The van der Waals surface area contributed by atoms with Gasteiger partial charge >= 0.3 is 0 Å². The Morgan fingerprint density at radius 2 is 2.05 bits per heavy atom. The summed E-state index contributed by atoms with van der Waals surface area (Å²) in [7, 11) is 0. The Kier molecular flexibility index (Phi) is 4.71. The van der Waals surface area contributed by atoms with Gasteiger partial charge in [0.1, 0.15) is 6.61 Å². The fourth-order valence-electron chi connectivity index (χ4n) is 1.55. The van der Waals surface area contributed by atoms with Gasteiger partial charge in [-0.05, 0) is 23.8 Å². The van der Waals surface area contributed by atoms with E-state index in [0.717, 1.165) is 15.6 Å². The molecule has 0 N–H and O–H groups in total. The van der Waals surface area contributed by atoms with Crippen LogP contribution in [-0.4, -0.2) is 6.21 Å². The highest BCUT2D eigenvalue weighted by Crippen LogP contribution is 2.11. The van der Waals surface area contributed by atoms with Crippen molar-refractivity contribution >= 4 is 22.1 Å². The van der Waals surface area contributed by atoms with Crippen molar-refractivity contribution < 1.29 is 4.84 Å². The average molecular weight is 315 g/mol. The van der Waals surface area contributed by atoms with Crippen LogP contribution < -0.4 is 0 Å². The predicted molar refractivity (Wildman–Crippen MR) is 77.7 cm³/mol. The number of halogens is 1. The first-order valence-electron chi connectivity index (χ1n) is 5.68. The molecule has 3 nitrogen and oxygen atoms in total. The van der Waals surface area contributed by atoms with Gasteiger partial charge in [0.15, 0.2) is 0 Å². The van der Waals surface area contributed by atoms with Crippen molar-refractivity contribution in [3.8, 4) is 6.07 Å². The van der Waals surface area contributed by atoms with Gasteiger partial charge in [0, 0.05) is 10.0 Å². The molecule has 4 heteroatoms. The second-order valence-corrected chi connectivity index (χ2v) is 4.75. The predicted octanol–water partition coefficient (Wildman–Crippen LogP) is 3.87. The lowest BCUT2D eigenvalue weighted by molar-refractivity contribution is 0.132. The van der Waals surface area contributed by atoms with E-state index >= 15 is 0 Å². The number of hydrogen-bond acceptors (Lipinski definition) is 3. The molecule has 0 atom stereocenters. The quantitative estimate of drug-likeness (QED) is 0.635. The summed E-state index contributed by atoms with van der Waals surface area (Å²) in [6.45, 7) is 0.286. The van der Waals surface area contributed by atoms with Crippen LogP contribution in [0.15, 0.2) is 58.2 Å². The molecule has 0 radical (unpaired) electrons. The molecule has 0 fully saturated rings. The minimum absolute atomic E-state index is 0.286. The number of nitrogens with zero attached hydrogens (tertiary/aromatic N) is 2. The van der Waals surface area contributed by atoms with Crippen LogP contribution in [0.25, 0.3) is 0 Å². The van der Waals surface area contributed by atoms with Crippen molar-refractivity contribution in [2.24, 2.45) is 5.16 Å². The highest BCUT2D eigenvalue weighted by atomic mass is 79.9. The minimum atomic E-state index is 0.286. The Hall–Kier alpha value is -2.12. The van der Waals surface area contributed by atoms with E-state index < -0.39 is 0 Å². The minimum Gasteiger partial charge on any atom is -0.391 e. The molecular weight excluding hydrogens is 304 g/mol. The zero-order valence-electron chi connectivity index (χ0n) is 10.1. The summed E-state index contributed by atoms with van der Waals surface area (Å²) in [6.07, 6.45) is 1.64. The van der Waals surface area contributed by atoms with Crippen LogP contribution in [0, 0.1) is 11.3 Å². The highest BCUT2D eigenvalue weighted by Gasteiger charge is 1.99. The maximum Gasteiger partial charge on any atom is 0.143 e. The zero-order valence-corrected chi connectivity index (χ0v) is 11.7.